The Morgan fingerprint density at radius 3 is 2.74 bits per heavy atom. The monoisotopic (exact) mass is 315 g/mol. The molecule has 1 N–H and O–H groups in total. The molecule has 0 aliphatic rings. The van der Waals surface area contributed by atoms with Gasteiger partial charge in [0.05, 0.1) is 6.54 Å². The second kappa shape index (κ2) is 5.75. The fourth-order valence-corrected chi connectivity index (χ4v) is 2.36. The first-order valence-electron chi connectivity index (χ1n) is 7.23. The molecule has 3 aromatic heterocycles. The van der Waals surface area contributed by atoms with E-state index in [0.717, 1.165) is 11.3 Å². The normalized spacial score (nSPS) is 11.1. The molecule has 3 rings (SSSR count). The van der Waals surface area contributed by atoms with Crippen molar-refractivity contribution in [3.05, 3.63) is 51.7 Å². The number of furan rings is 2. The Hall–Kier alpha value is -2.83. The molecule has 120 valence electrons. The highest BCUT2D eigenvalue weighted by molar-refractivity contribution is 5.79. The SMILES string of the molecule is Cc1ccc(CNC(=O)Cn2cnc3oc(C)c(C)c3c2=O)o1. The van der Waals surface area contributed by atoms with E-state index in [9.17, 15) is 9.59 Å². The number of amides is 1. The molecule has 0 radical (unpaired) electrons. The number of fused-ring (bicyclic) bond motifs is 1. The van der Waals surface area contributed by atoms with Crippen LogP contribution in [0.15, 0.2) is 32.1 Å². The standard InChI is InChI=1S/C16H17N3O4/c1-9-4-5-12(22-9)6-17-13(20)7-19-8-18-15-14(16(19)21)10(2)11(3)23-15/h4-5,8H,6-7H2,1-3H3,(H,17,20). The third-order valence-electron chi connectivity index (χ3n) is 3.73. The van der Waals surface area contributed by atoms with Gasteiger partial charge in [-0.15, -0.1) is 0 Å². The highest BCUT2D eigenvalue weighted by Crippen LogP contribution is 2.18. The lowest BCUT2D eigenvalue weighted by Gasteiger charge is -2.06. The smallest absolute Gasteiger partial charge is 0.265 e. The number of hydrogen-bond donors (Lipinski definition) is 1. The zero-order chi connectivity index (χ0) is 16.6. The number of nitrogens with one attached hydrogen (secondary N) is 1. The van der Waals surface area contributed by atoms with E-state index in [2.05, 4.69) is 10.3 Å². The maximum atomic E-state index is 12.4. The Morgan fingerprint density at radius 1 is 1.26 bits per heavy atom. The van der Waals surface area contributed by atoms with E-state index >= 15 is 0 Å². The van der Waals surface area contributed by atoms with Gasteiger partial charge in [0.15, 0.2) is 0 Å². The summed E-state index contributed by atoms with van der Waals surface area (Å²) in [6, 6.07) is 3.63. The highest BCUT2D eigenvalue weighted by atomic mass is 16.3. The van der Waals surface area contributed by atoms with Crippen LogP contribution in [0.25, 0.3) is 11.1 Å². The van der Waals surface area contributed by atoms with Crippen molar-refractivity contribution in [2.24, 2.45) is 0 Å². The van der Waals surface area contributed by atoms with Gasteiger partial charge in [-0.3, -0.25) is 14.2 Å². The molecule has 7 heteroatoms. The van der Waals surface area contributed by atoms with Gasteiger partial charge in [-0.05, 0) is 32.9 Å². The first-order chi connectivity index (χ1) is 11.0. The second-order valence-corrected chi connectivity index (χ2v) is 5.43. The largest absolute Gasteiger partial charge is 0.465 e. The van der Waals surface area contributed by atoms with Gasteiger partial charge in [0.2, 0.25) is 11.6 Å². The lowest BCUT2D eigenvalue weighted by atomic mass is 10.2. The average Bonchev–Trinajstić information content (AvgIpc) is 3.05. The van der Waals surface area contributed by atoms with E-state index in [1.54, 1.807) is 19.9 Å². The van der Waals surface area contributed by atoms with Crippen molar-refractivity contribution in [3.8, 4) is 0 Å². The molecule has 0 saturated carbocycles. The minimum Gasteiger partial charge on any atom is -0.465 e. The van der Waals surface area contributed by atoms with E-state index in [0.29, 0.717) is 22.6 Å². The fraction of sp³-hybridized carbons (Fsp3) is 0.312. The van der Waals surface area contributed by atoms with Gasteiger partial charge in [-0.25, -0.2) is 4.98 Å². The minimum absolute atomic E-state index is 0.106. The van der Waals surface area contributed by atoms with Crippen LogP contribution in [0.3, 0.4) is 0 Å². The number of carbonyl (C=O) groups is 1. The van der Waals surface area contributed by atoms with Crippen molar-refractivity contribution >= 4 is 17.0 Å². The summed E-state index contributed by atoms with van der Waals surface area (Å²) in [6.07, 6.45) is 1.32. The molecule has 0 aromatic carbocycles. The first-order valence-corrected chi connectivity index (χ1v) is 7.23. The predicted octanol–water partition coefficient (Wildman–Crippen LogP) is 1.82. The zero-order valence-corrected chi connectivity index (χ0v) is 13.2. The molecule has 3 aromatic rings. The number of aromatic nitrogens is 2. The van der Waals surface area contributed by atoms with Crippen LogP contribution in [0.1, 0.15) is 22.8 Å². The maximum Gasteiger partial charge on any atom is 0.265 e. The van der Waals surface area contributed by atoms with Gasteiger partial charge in [0.25, 0.3) is 5.56 Å². The van der Waals surface area contributed by atoms with Crippen molar-refractivity contribution < 1.29 is 13.6 Å². The molecule has 0 aliphatic heterocycles. The van der Waals surface area contributed by atoms with E-state index < -0.39 is 0 Å². The summed E-state index contributed by atoms with van der Waals surface area (Å²) in [6.45, 7) is 5.58. The lowest BCUT2D eigenvalue weighted by Crippen LogP contribution is -2.32. The highest BCUT2D eigenvalue weighted by Gasteiger charge is 2.15. The van der Waals surface area contributed by atoms with Gasteiger partial charge in [0, 0.05) is 5.56 Å². The van der Waals surface area contributed by atoms with E-state index in [4.69, 9.17) is 8.83 Å². The summed E-state index contributed by atoms with van der Waals surface area (Å²) < 4.78 is 12.1. The molecule has 1 amide bonds. The Balaban J connectivity index is 1.76. The summed E-state index contributed by atoms with van der Waals surface area (Å²) in [4.78, 5) is 28.5. The predicted molar refractivity (Wildman–Crippen MR) is 83.0 cm³/mol. The van der Waals surface area contributed by atoms with Crippen molar-refractivity contribution in [2.75, 3.05) is 0 Å². The van der Waals surface area contributed by atoms with Crippen LogP contribution in [-0.4, -0.2) is 15.5 Å². The quantitative estimate of drug-likeness (QED) is 0.793. The number of nitrogens with zero attached hydrogens (tertiary/aromatic N) is 2. The number of hydrogen-bond acceptors (Lipinski definition) is 5. The minimum atomic E-state index is -0.292. The van der Waals surface area contributed by atoms with Gasteiger partial charge in [-0.2, -0.15) is 0 Å². The third kappa shape index (κ3) is 2.90. The second-order valence-electron chi connectivity index (χ2n) is 5.43. The van der Waals surface area contributed by atoms with Crippen LogP contribution >= 0.6 is 0 Å². The molecule has 0 aliphatic carbocycles. The topological polar surface area (TPSA) is 90.3 Å². The van der Waals surface area contributed by atoms with Crippen LogP contribution in [0.4, 0.5) is 0 Å². The van der Waals surface area contributed by atoms with Crippen LogP contribution < -0.4 is 10.9 Å². The van der Waals surface area contributed by atoms with E-state index in [1.807, 2.05) is 13.0 Å². The lowest BCUT2D eigenvalue weighted by molar-refractivity contribution is -0.122. The van der Waals surface area contributed by atoms with Gasteiger partial charge in [0.1, 0.15) is 35.5 Å². The molecule has 0 saturated heterocycles. The van der Waals surface area contributed by atoms with Gasteiger partial charge in [-0.1, -0.05) is 0 Å². The summed E-state index contributed by atoms with van der Waals surface area (Å²) in [7, 11) is 0. The summed E-state index contributed by atoms with van der Waals surface area (Å²) >= 11 is 0. The first kappa shape index (κ1) is 15.1. The summed E-state index contributed by atoms with van der Waals surface area (Å²) in [5, 5.41) is 3.13. The molecule has 0 fully saturated rings. The molecular formula is C16H17N3O4. The van der Waals surface area contributed by atoms with E-state index in [1.165, 1.54) is 10.9 Å². The molecule has 7 nitrogen and oxygen atoms in total. The summed E-state index contributed by atoms with van der Waals surface area (Å²) in [5.41, 5.74) is 0.763. The Bertz CT molecular complexity index is 933. The van der Waals surface area contributed by atoms with Crippen molar-refractivity contribution in [1.82, 2.24) is 14.9 Å². The third-order valence-corrected chi connectivity index (χ3v) is 3.73. The molecule has 0 unspecified atom stereocenters. The maximum absolute atomic E-state index is 12.4. The van der Waals surface area contributed by atoms with Crippen LogP contribution in [0, 0.1) is 20.8 Å². The van der Waals surface area contributed by atoms with Gasteiger partial charge < -0.3 is 14.2 Å². The molecule has 0 atom stereocenters. The Morgan fingerprint density at radius 2 is 2.04 bits per heavy atom. The van der Waals surface area contributed by atoms with Crippen molar-refractivity contribution in [1.29, 1.82) is 0 Å². The van der Waals surface area contributed by atoms with Crippen molar-refractivity contribution in [3.63, 3.8) is 0 Å². The number of aryl methyl sites for hydroxylation is 3. The van der Waals surface area contributed by atoms with Crippen LogP contribution in [-0.2, 0) is 17.9 Å². The van der Waals surface area contributed by atoms with Crippen molar-refractivity contribution in [2.45, 2.75) is 33.9 Å². The molecule has 0 bridgehead atoms. The summed E-state index contributed by atoms with van der Waals surface area (Å²) in [5.74, 6) is 1.81. The molecular weight excluding hydrogens is 298 g/mol. The van der Waals surface area contributed by atoms with Crippen LogP contribution in [0.2, 0.25) is 0 Å². The molecule has 0 spiro atoms. The van der Waals surface area contributed by atoms with Crippen LogP contribution in [0.5, 0.6) is 0 Å². The zero-order valence-electron chi connectivity index (χ0n) is 13.2. The van der Waals surface area contributed by atoms with E-state index in [-0.39, 0.29) is 24.6 Å². The molecule has 3 heterocycles. The molecule has 23 heavy (non-hydrogen) atoms. The fourth-order valence-electron chi connectivity index (χ4n) is 2.36. The Kier molecular flexibility index (Phi) is 3.77. The Labute approximate surface area is 131 Å². The van der Waals surface area contributed by atoms with Gasteiger partial charge >= 0.3 is 0 Å². The number of carbonyl (C=O) groups excluding carboxylic acids is 1. The average molecular weight is 315 g/mol. The number of rotatable bonds is 4.